The average molecular weight is 243 g/mol. The van der Waals surface area contributed by atoms with E-state index in [1.165, 1.54) is 0 Å². The van der Waals surface area contributed by atoms with E-state index in [0.29, 0.717) is 13.0 Å². The van der Waals surface area contributed by atoms with Gasteiger partial charge in [0.2, 0.25) is 0 Å². The lowest BCUT2D eigenvalue weighted by Gasteiger charge is -2.32. The van der Waals surface area contributed by atoms with Gasteiger partial charge in [-0.25, -0.2) is 0 Å². The first-order valence-corrected chi connectivity index (χ1v) is 5.87. The summed E-state index contributed by atoms with van der Waals surface area (Å²) >= 11 is 0. The van der Waals surface area contributed by atoms with Gasteiger partial charge < -0.3 is 5.32 Å². The van der Waals surface area contributed by atoms with Crippen LogP contribution in [-0.4, -0.2) is 18.3 Å². The Bertz CT molecular complexity index is 373. The summed E-state index contributed by atoms with van der Waals surface area (Å²) in [4.78, 5) is 0. The Morgan fingerprint density at radius 3 is 2.12 bits per heavy atom. The zero-order valence-electron chi connectivity index (χ0n) is 9.77. The summed E-state index contributed by atoms with van der Waals surface area (Å²) < 4.78 is 39.7. The van der Waals surface area contributed by atoms with Gasteiger partial charge in [0.1, 0.15) is 5.54 Å². The van der Waals surface area contributed by atoms with Crippen LogP contribution in [0.2, 0.25) is 0 Å². The molecule has 0 unspecified atom stereocenters. The number of alkyl halides is 3. The first kappa shape index (κ1) is 12.4. The third-order valence-electron chi connectivity index (χ3n) is 3.36. The Morgan fingerprint density at radius 2 is 1.71 bits per heavy atom. The van der Waals surface area contributed by atoms with Crippen molar-refractivity contribution < 1.29 is 13.2 Å². The summed E-state index contributed by atoms with van der Waals surface area (Å²) in [6.45, 7) is 2.27. The average Bonchev–Trinajstić information content (AvgIpc) is 2.65. The highest BCUT2D eigenvalue weighted by molar-refractivity contribution is 5.37. The molecule has 0 radical (unpaired) electrons. The van der Waals surface area contributed by atoms with Crippen molar-refractivity contribution >= 4 is 0 Å². The molecule has 1 nitrogen and oxygen atoms in total. The summed E-state index contributed by atoms with van der Waals surface area (Å²) in [6, 6.07) is 7.17. The van der Waals surface area contributed by atoms with Crippen LogP contribution in [0.1, 0.15) is 24.5 Å². The van der Waals surface area contributed by atoms with Gasteiger partial charge in [0.15, 0.2) is 0 Å². The molecule has 4 heteroatoms. The van der Waals surface area contributed by atoms with E-state index in [-0.39, 0.29) is 12.8 Å². The quantitative estimate of drug-likeness (QED) is 0.860. The summed E-state index contributed by atoms with van der Waals surface area (Å²) in [5.74, 6) is 0. The molecule has 0 atom stereocenters. The lowest BCUT2D eigenvalue weighted by atomic mass is 9.94. The fourth-order valence-corrected chi connectivity index (χ4v) is 2.41. The zero-order chi connectivity index (χ0) is 12.5. The maximum absolute atomic E-state index is 13.2. The number of rotatable bonds is 3. The van der Waals surface area contributed by atoms with Crippen molar-refractivity contribution in [3.05, 3.63) is 35.4 Å². The van der Waals surface area contributed by atoms with E-state index in [0.717, 1.165) is 11.1 Å². The van der Waals surface area contributed by atoms with Crippen molar-refractivity contribution in [2.24, 2.45) is 0 Å². The summed E-state index contributed by atoms with van der Waals surface area (Å²) in [6.07, 6.45) is -3.41. The second-order valence-corrected chi connectivity index (χ2v) is 4.63. The Morgan fingerprint density at radius 1 is 1.18 bits per heavy atom. The number of nitrogens with one attached hydrogen (secondary N) is 1. The molecule has 0 aromatic heterocycles. The van der Waals surface area contributed by atoms with Crippen LogP contribution >= 0.6 is 0 Å². The van der Waals surface area contributed by atoms with E-state index >= 15 is 0 Å². The molecule has 1 aliphatic rings. The van der Waals surface area contributed by atoms with Gasteiger partial charge in [-0.3, -0.25) is 0 Å². The largest absolute Gasteiger partial charge is 0.407 e. The normalized spacial score (nSPS) is 18.1. The molecule has 1 N–H and O–H groups in total. The van der Waals surface area contributed by atoms with Crippen molar-refractivity contribution in [3.8, 4) is 0 Å². The maximum Gasteiger partial charge on any atom is 0.407 e. The second kappa shape index (κ2) is 4.33. The minimum Gasteiger partial charge on any atom is -0.303 e. The van der Waals surface area contributed by atoms with E-state index in [1.54, 1.807) is 24.3 Å². The standard InChI is InChI=1S/C13H16F3N/c1-2-7-17-12(13(14,15)16)8-10-5-3-4-6-11(10)9-12/h3-6,17H,2,7-9H2,1H3. The van der Waals surface area contributed by atoms with Gasteiger partial charge in [0.25, 0.3) is 0 Å². The fraction of sp³-hybridized carbons (Fsp3) is 0.538. The zero-order valence-corrected chi connectivity index (χ0v) is 9.77. The van der Waals surface area contributed by atoms with Crippen molar-refractivity contribution in [3.63, 3.8) is 0 Å². The van der Waals surface area contributed by atoms with E-state index in [9.17, 15) is 13.2 Å². The van der Waals surface area contributed by atoms with Crippen LogP contribution in [0.25, 0.3) is 0 Å². The SMILES string of the molecule is CCCNC1(C(F)(F)F)Cc2ccccc2C1. The number of fused-ring (bicyclic) bond motifs is 1. The topological polar surface area (TPSA) is 12.0 Å². The molecule has 2 rings (SSSR count). The molecule has 0 amide bonds. The monoisotopic (exact) mass is 243 g/mol. The molecule has 94 valence electrons. The highest BCUT2D eigenvalue weighted by atomic mass is 19.4. The Labute approximate surface area is 99.0 Å². The molecule has 1 aromatic carbocycles. The lowest BCUT2D eigenvalue weighted by molar-refractivity contribution is -0.194. The molecule has 1 aromatic rings. The van der Waals surface area contributed by atoms with Crippen LogP contribution < -0.4 is 5.32 Å². The minimum atomic E-state index is -4.21. The highest BCUT2D eigenvalue weighted by Gasteiger charge is 2.56. The Hall–Kier alpha value is -1.03. The van der Waals surface area contributed by atoms with Gasteiger partial charge in [-0.05, 0) is 24.1 Å². The first-order valence-electron chi connectivity index (χ1n) is 5.87. The van der Waals surface area contributed by atoms with Gasteiger partial charge in [0.05, 0.1) is 0 Å². The third kappa shape index (κ3) is 2.18. The molecule has 17 heavy (non-hydrogen) atoms. The Kier molecular flexibility index (Phi) is 3.17. The van der Waals surface area contributed by atoms with Gasteiger partial charge in [-0.15, -0.1) is 0 Å². The van der Waals surface area contributed by atoms with Crippen molar-refractivity contribution in [2.75, 3.05) is 6.54 Å². The Balaban J connectivity index is 2.28. The molecule has 0 spiro atoms. The van der Waals surface area contributed by atoms with Crippen molar-refractivity contribution in [1.29, 1.82) is 0 Å². The summed E-state index contributed by atoms with van der Waals surface area (Å²) in [5, 5.41) is 2.71. The van der Waals surface area contributed by atoms with Crippen LogP contribution in [0, 0.1) is 0 Å². The molecule has 0 aliphatic heterocycles. The molecule has 1 aliphatic carbocycles. The molecule has 0 bridgehead atoms. The molecular formula is C13H16F3N. The number of hydrogen-bond acceptors (Lipinski definition) is 1. The minimum absolute atomic E-state index is 0.0483. The van der Waals surface area contributed by atoms with Crippen LogP contribution in [0.4, 0.5) is 13.2 Å². The van der Waals surface area contributed by atoms with Crippen LogP contribution in [0.15, 0.2) is 24.3 Å². The maximum atomic E-state index is 13.2. The molecule has 0 saturated carbocycles. The predicted octanol–water partition coefficient (Wildman–Crippen LogP) is 3.09. The van der Waals surface area contributed by atoms with Gasteiger partial charge in [-0.2, -0.15) is 13.2 Å². The molecule has 0 heterocycles. The van der Waals surface area contributed by atoms with Crippen LogP contribution in [0.3, 0.4) is 0 Å². The number of hydrogen-bond donors (Lipinski definition) is 1. The fourth-order valence-electron chi connectivity index (χ4n) is 2.41. The number of benzene rings is 1. The highest BCUT2D eigenvalue weighted by Crippen LogP contribution is 2.41. The van der Waals surface area contributed by atoms with E-state index < -0.39 is 11.7 Å². The molecule has 0 fully saturated rings. The van der Waals surface area contributed by atoms with Gasteiger partial charge in [-0.1, -0.05) is 31.2 Å². The second-order valence-electron chi connectivity index (χ2n) is 4.63. The number of halogens is 3. The van der Waals surface area contributed by atoms with Gasteiger partial charge >= 0.3 is 6.18 Å². The molecule has 0 saturated heterocycles. The van der Waals surface area contributed by atoms with E-state index in [2.05, 4.69) is 5.32 Å². The predicted molar refractivity (Wildman–Crippen MR) is 60.9 cm³/mol. The van der Waals surface area contributed by atoms with Gasteiger partial charge in [0, 0.05) is 12.8 Å². The van der Waals surface area contributed by atoms with E-state index in [4.69, 9.17) is 0 Å². The molecular weight excluding hydrogens is 227 g/mol. The third-order valence-corrected chi connectivity index (χ3v) is 3.36. The first-order chi connectivity index (χ1) is 7.98. The lowest BCUT2D eigenvalue weighted by Crippen LogP contribution is -2.57. The van der Waals surface area contributed by atoms with Crippen LogP contribution in [0.5, 0.6) is 0 Å². The summed E-state index contributed by atoms with van der Waals surface area (Å²) in [5.41, 5.74) is -0.131. The summed E-state index contributed by atoms with van der Waals surface area (Å²) in [7, 11) is 0. The van der Waals surface area contributed by atoms with E-state index in [1.807, 2.05) is 6.92 Å². The van der Waals surface area contributed by atoms with Crippen LogP contribution in [-0.2, 0) is 12.8 Å². The smallest absolute Gasteiger partial charge is 0.303 e. The van der Waals surface area contributed by atoms with Crippen molar-refractivity contribution in [2.45, 2.75) is 37.9 Å². The van der Waals surface area contributed by atoms with Crippen molar-refractivity contribution in [1.82, 2.24) is 5.32 Å².